The van der Waals surface area contributed by atoms with Gasteiger partial charge in [0, 0.05) is 17.8 Å². The van der Waals surface area contributed by atoms with Crippen LogP contribution in [0.15, 0.2) is 24.3 Å². The van der Waals surface area contributed by atoms with Gasteiger partial charge in [0.1, 0.15) is 0 Å². The third-order valence-electron chi connectivity index (χ3n) is 4.60. The van der Waals surface area contributed by atoms with Crippen molar-refractivity contribution in [3.63, 3.8) is 0 Å². The van der Waals surface area contributed by atoms with Crippen LogP contribution in [0.3, 0.4) is 0 Å². The summed E-state index contributed by atoms with van der Waals surface area (Å²) < 4.78 is 5.15. The molecule has 4 heteroatoms. The molecular formula is C23H32N2O2. The lowest BCUT2D eigenvalue weighted by atomic mass is 9.88. The lowest BCUT2D eigenvalue weighted by molar-refractivity contribution is 0.0599. The fourth-order valence-electron chi connectivity index (χ4n) is 3.40. The summed E-state index contributed by atoms with van der Waals surface area (Å²) >= 11 is 0. The number of rotatable bonds is 7. The van der Waals surface area contributed by atoms with E-state index < -0.39 is 0 Å². The number of benzene rings is 1. The summed E-state index contributed by atoms with van der Waals surface area (Å²) in [4.78, 5) is 17.7. The minimum absolute atomic E-state index is 0.338. The Balaban J connectivity index is 2.88. The zero-order valence-corrected chi connectivity index (χ0v) is 17.4. The molecule has 0 fully saturated rings. The molecule has 2 aromatic rings. The standard InChI is InChI=1S/C23H32N2O2/c1-14(2)11-19-18(13-24)21(17-9-7-16(5)8-10-17)22(23(26)27-6)20(25-19)12-15(3)4/h7-10,14-15H,11-13,24H2,1-6H3. The topological polar surface area (TPSA) is 65.2 Å². The van der Waals surface area contributed by atoms with Gasteiger partial charge < -0.3 is 10.5 Å². The zero-order valence-electron chi connectivity index (χ0n) is 17.4. The van der Waals surface area contributed by atoms with Crippen LogP contribution in [0.25, 0.3) is 11.1 Å². The van der Waals surface area contributed by atoms with Gasteiger partial charge in [-0.25, -0.2) is 4.79 Å². The Kier molecular flexibility index (Phi) is 7.14. The summed E-state index contributed by atoms with van der Waals surface area (Å²) in [6.07, 6.45) is 1.55. The maximum Gasteiger partial charge on any atom is 0.340 e. The molecule has 2 rings (SSSR count). The monoisotopic (exact) mass is 368 g/mol. The maximum absolute atomic E-state index is 12.8. The van der Waals surface area contributed by atoms with Crippen molar-refractivity contribution in [2.45, 2.75) is 54.0 Å². The average Bonchev–Trinajstić information content (AvgIpc) is 2.60. The number of carbonyl (C=O) groups is 1. The predicted molar refractivity (Wildman–Crippen MR) is 111 cm³/mol. The molecule has 0 atom stereocenters. The van der Waals surface area contributed by atoms with Crippen LogP contribution in [0.1, 0.15) is 60.6 Å². The average molecular weight is 369 g/mol. The minimum atomic E-state index is -0.348. The van der Waals surface area contributed by atoms with E-state index in [9.17, 15) is 4.79 Å². The molecular weight excluding hydrogens is 336 g/mol. The van der Waals surface area contributed by atoms with Crippen molar-refractivity contribution in [2.75, 3.05) is 7.11 Å². The Hall–Kier alpha value is -2.20. The summed E-state index contributed by atoms with van der Waals surface area (Å²) in [6, 6.07) is 8.21. The maximum atomic E-state index is 12.8. The van der Waals surface area contributed by atoms with Crippen molar-refractivity contribution in [1.82, 2.24) is 4.98 Å². The highest BCUT2D eigenvalue weighted by Gasteiger charge is 2.26. The Morgan fingerprint density at radius 3 is 2.07 bits per heavy atom. The van der Waals surface area contributed by atoms with Gasteiger partial charge in [0.25, 0.3) is 0 Å². The highest BCUT2D eigenvalue weighted by molar-refractivity contribution is 5.99. The third-order valence-corrected chi connectivity index (χ3v) is 4.60. The molecule has 0 amide bonds. The van der Waals surface area contributed by atoms with Gasteiger partial charge in [-0.15, -0.1) is 0 Å². The van der Waals surface area contributed by atoms with Crippen LogP contribution >= 0.6 is 0 Å². The van der Waals surface area contributed by atoms with Gasteiger partial charge in [0.15, 0.2) is 0 Å². The number of pyridine rings is 1. The van der Waals surface area contributed by atoms with Gasteiger partial charge in [-0.1, -0.05) is 57.5 Å². The molecule has 0 spiro atoms. The van der Waals surface area contributed by atoms with E-state index in [-0.39, 0.29) is 5.97 Å². The van der Waals surface area contributed by atoms with Crippen LogP contribution in [0.4, 0.5) is 0 Å². The molecule has 146 valence electrons. The molecule has 0 aliphatic heterocycles. The predicted octanol–water partition coefficient (Wildman–Crippen LogP) is 4.70. The molecule has 0 unspecified atom stereocenters. The second-order valence-corrected chi connectivity index (χ2v) is 7.99. The van der Waals surface area contributed by atoms with Gasteiger partial charge in [0.2, 0.25) is 0 Å². The highest BCUT2D eigenvalue weighted by atomic mass is 16.5. The second-order valence-electron chi connectivity index (χ2n) is 7.99. The van der Waals surface area contributed by atoms with Crippen LogP contribution in [-0.4, -0.2) is 18.1 Å². The molecule has 1 heterocycles. The zero-order chi connectivity index (χ0) is 20.1. The van der Waals surface area contributed by atoms with Crippen LogP contribution < -0.4 is 5.73 Å². The fraction of sp³-hybridized carbons (Fsp3) is 0.478. The van der Waals surface area contributed by atoms with E-state index in [4.69, 9.17) is 15.5 Å². The number of methoxy groups -OCH3 is 1. The molecule has 0 aliphatic rings. The first-order valence-electron chi connectivity index (χ1n) is 9.68. The quantitative estimate of drug-likeness (QED) is 0.720. The lowest BCUT2D eigenvalue weighted by Crippen LogP contribution is -2.19. The summed E-state index contributed by atoms with van der Waals surface area (Å²) in [7, 11) is 1.42. The fourth-order valence-corrected chi connectivity index (χ4v) is 3.40. The van der Waals surface area contributed by atoms with E-state index in [1.807, 2.05) is 0 Å². The number of aromatic nitrogens is 1. The van der Waals surface area contributed by atoms with Crippen LogP contribution in [0, 0.1) is 18.8 Å². The van der Waals surface area contributed by atoms with Crippen molar-refractivity contribution in [1.29, 1.82) is 0 Å². The van der Waals surface area contributed by atoms with E-state index in [0.717, 1.165) is 40.9 Å². The molecule has 0 saturated carbocycles. The lowest BCUT2D eigenvalue weighted by Gasteiger charge is -2.22. The van der Waals surface area contributed by atoms with E-state index in [2.05, 4.69) is 58.9 Å². The number of esters is 1. The van der Waals surface area contributed by atoms with Gasteiger partial charge in [0.05, 0.1) is 18.4 Å². The van der Waals surface area contributed by atoms with Crippen LogP contribution in [0.2, 0.25) is 0 Å². The van der Waals surface area contributed by atoms with Gasteiger partial charge >= 0.3 is 5.97 Å². The first-order chi connectivity index (χ1) is 12.8. The Labute approximate surface area is 163 Å². The number of aryl methyl sites for hydroxylation is 1. The number of nitrogens with zero attached hydrogens (tertiary/aromatic N) is 1. The van der Waals surface area contributed by atoms with Gasteiger partial charge in [-0.05, 0) is 42.7 Å². The Bertz CT molecular complexity index is 793. The van der Waals surface area contributed by atoms with Crippen molar-refractivity contribution >= 4 is 5.97 Å². The van der Waals surface area contributed by atoms with E-state index >= 15 is 0 Å². The summed E-state index contributed by atoms with van der Waals surface area (Å²) in [6.45, 7) is 11.0. The van der Waals surface area contributed by atoms with Crippen molar-refractivity contribution in [3.8, 4) is 11.1 Å². The molecule has 0 bridgehead atoms. The molecule has 0 radical (unpaired) electrons. The highest BCUT2D eigenvalue weighted by Crippen LogP contribution is 2.34. The van der Waals surface area contributed by atoms with Crippen LogP contribution in [0.5, 0.6) is 0 Å². The van der Waals surface area contributed by atoms with Crippen LogP contribution in [-0.2, 0) is 24.1 Å². The summed E-state index contributed by atoms with van der Waals surface area (Å²) in [5.41, 5.74) is 12.5. The largest absolute Gasteiger partial charge is 0.465 e. The minimum Gasteiger partial charge on any atom is -0.465 e. The van der Waals surface area contributed by atoms with Crippen molar-refractivity contribution in [3.05, 3.63) is 52.3 Å². The number of carbonyl (C=O) groups excluding carboxylic acids is 1. The summed E-state index contributed by atoms with van der Waals surface area (Å²) in [5, 5.41) is 0. The molecule has 1 aromatic carbocycles. The second kappa shape index (κ2) is 9.14. The van der Waals surface area contributed by atoms with Crippen molar-refractivity contribution in [2.24, 2.45) is 17.6 Å². The smallest absolute Gasteiger partial charge is 0.340 e. The molecule has 0 saturated heterocycles. The molecule has 0 aliphatic carbocycles. The number of nitrogens with two attached hydrogens (primary N) is 1. The molecule has 1 aromatic heterocycles. The van der Waals surface area contributed by atoms with E-state index in [0.29, 0.717) is 23.9 Å². The van der Waals surface area contributed by atoms with Gasteiger partial charge in [-0.3, -0.25) is 4.98 Å². The van der Waals surface area contributed by atoms with Gasteiger partial charge in [-0.2, -0.15) is 0 Å². The Morgan fingerprint density at radius 2 is 1.59 bits per heavy atom. The Morgan fingerprint density at radius 1 is 1.04 bits per heavy atom. The number of ether oxygens (including phenoxy) is 1. The van der Waals surface area contributed by atoms with E-state index in [1.54, 1.807) is 0 Å². The SMILES string of the molecule is COC(=O)c1c(CC(C)C)nc(CC(C)C)c(CN)c1-c1ccc(C)cc1. The van der Waals surface area contributed by atoms with E-state index in [1.165, 1.54) is 12.7 Å². The van der Waals surface area contributed by atoms with Crippen molar-refractivity contribution < 1.29 is 9.53 Å². The molecule has 4 nitrogen and oxygen atoms in total. The third kappa shape index (κ3) is 4.95. The molecule has 27 heavy (non-hydrogen) atoms. The number of hydrogen-bond acceptors (Lipinski definition) is 4. The molecule has 2 N–H and O–H groups in total. The summed E-state index contributed by atoms with van der Waals surface area (Å²) in [5.74, 6) is 0.478. The first-order valence-corrected chi connectivity index (χ1v) is 9.68. The normalized spacial score (nSPS) is 11.3. The first kappa shape index (κ1) is 21.1. The number of hydrogen-bond donors (Lipinski definition) is 1.